The number of nitrogens with two attached hydrogens (primary N) is 1. The summed E-state index contributed by atoms with van der Waals surface area (Å²) < 4.78 is 34.7. The highest BCUT2D eigenvalue weighted by Crippen LogP contribution is 2.35. The molecular weight excluding hydrogens is 472 g/mol. The fourth-order valence-corrected chi connectivity index (χ4v) is 4.71. The number of nitrogens with zero attached hydrogens (tertiary/aromatic N) is 3. The molecule has 0 aliphatic carbocycles. The van der Waals surface area contributed by atoms with E-state index in [0.29, 0.717) is 12.1 Å². The Labute approximate surface area is 207 Å². The molecule has 4 rings (SSSR count). The van der Waals surface area contributed by atoms with Gasteiger partial charge in [-0.2, -0.15) is 0 Å². The number of hydrogen-bond donors (Lipinski definition) is 4. The van der Waals surface area contributed by atoms with Crippen molar-refractivity contribution in [2.75, 3.05) is 5.73 Å². The summed E-state index contributed by atoms with van der Waals surface area (Å²) >= 11 is 0. The molecule has 0 saturated carbocycles. The second kappa shape index (κ2) is 10.8. The van der Waals surface area contributed by atoms with Crippen LogP contribution in [0.3, 0.4) is 0 Å². The third-order valence-corrected chi connectivity index (χ3v) is 6.51. The fraction of sp³-hybridized carbons (Fsp3) is 0.440. The van der Waals surface area contributed by atoms with Crippen molar-refractivity contribution >= 4 is 17.8 Å². The van der Waals surface area contributed by atoms with Crippen LogP contribution in [0.5, 0.6) is 0 Å². The zero-order valence-electron chi connectivity index (χ0n) is 19.9. The van der Waals surface area contributed by atoms with Crippen molar-refractivity contribution in [3.05, 3.63) is 53.6 Å². The van der Waals surface area contributed by atoms with Gasteiger partial charge in [-0.15, -0.1) is 0 Å². The van der Waals surface area contributed by atoms with Crippen molar-refractivity contribution in [2.24, 2.45) is 16.8 Å². The van der Waals surface area contributed by atoms with Crippen molar-refractivity contribution < 1.29 is 28.5 Å². The molecule has 6 unspecified atom stereocenters. The van der Waals surface area contributed by atoms with Crippen LogP contribution in [0.2, 0.25) is 0 Å². The number of aromatic nitrogens is 2. The summed E-state index contributed by atoms with van der Waals surface area (Å²) in [5.74, 6) is -3.33. The quantitative estimate of drug-likeness (QED) is 0.476. The highest BCUT2D eigenvalue weighted by atomic mass is 19.1. The molecule has 192 valence electrons. The first-order valence-electron chi connectivity index (χ1n) is 11.8. The molecule has 5 N–H and O–H groups in total. The number of carbonyl (C=O) groups is 1. The number of aliphatic hydroxyl groups is 2. The molecule has 2 aliphatic rings. The third-order valence-electron chi connectivity index (χ3n) is 6.51. The van der Waals surface area contributed by atoms with Crippen molar-refractivity contribution in [3.63, 3.8) is 0 Å². The van der Waals surface area contributed by atoms with E-state index < -0.39 is 47.5 Å². The van der Waals surface area contributed by atoms with E-state index in [4.69, 9.17) is 10.5 Å². The van der Waals surface area contributed by atoms with Crippen LogP contribution in [0.1, 0.15) is 43.6 Å². The van der Waals surface area contributed by atoms with Gasteiger partial charge in [0.05, 0.1) is 35.8 Å². The van der Waals surface area contributed by atoms with Gasteiger partial charge in [-0.25, -0.2) is 18.7 Å². The number of ether oxygens (including phenoxy) is 1. The predicted octanol–water partition coefficient (Wildman–Crippen LogP) is 2.59. The minimum Gasteiger partial charge on any atom is -0.396 e. The molecule has 2 aliphatic heterocycles. The average Bonchev–Trinajstić information content (AvgIpc) is 2.83. The van der Waals surface area contributed by atoms with Gasteiger partial charge < -0.3 is 26.0 Å². The molecule has 11 heteroatoms. The van der Waals surface area contributed by atoms with E-state index in [-0.39, 0.29) is 35.5 Å². The van der Waals surface area contributed by atoms with Crippen LogP contribution in [0.4, 0.5) is 14.5 Å². The Morgan fingerprint density at radius 1 is 1.28 bits per heavy atom. The summed E-state index contributed by atoms with van der Waals surface area (Å²) in [5.41, 5.74) is 5.54. The number of anilines is 1. The normalized spacial score (nSPS) is 28.0. The first-order valence-corrected chi connectivity index (χ1v) is 11.8. The van der Waals surface area contributed by atoms with Gasteiger partial charge in [0.25, 0.3) is 5.91 Å². The van der Waals surface area contributed by atoms with Gasteiger partial charge in [-0.1, -0.05) is 26.3 Å². The number of aliphatic imine (C=N–C) groups is 1. The number of amides is 1. The summed E-state index contributed by atoms with van der Waals surface area (Å²) in [6.07, 6.45) is 2.82. The largest absolute Gasteiger partial charge is 0.396 e. The van der Waals surface area contributed by atoms with Gasteiger partial charge in [-0.05, 0) is 18.6 Å². The monoisotopic (exact) mass is 501 g/mol. The molecule has 1 saturated heterocycles. The number of nitrogen functional groups attached to an aromatic ring is 1. The van der Waals surface area contributed by atoms with E-state index >= 15 is 0 Å². The lowest BCUT2D eigenvalue weighted by molar-refractivity contribution is -0.182. The Morgan fingerprint density at radius 2 is 2.00 bits per heavy atom. The summed E-state index contributed by atoms with van der Waals surface area (Å²) in [4.78, 5) is 25.4. The molecule has 0 spiro atoms. The summed E-state index contributed by atoms with van der Waals surface area (Å²) in [6, 6.07) is 3.34. The third kappa shape index (κ3) is 5.13. The van der Waals surface area contributed by atoms with Crippen LogP contribution in [0.25, 0.3) is 11.4 Å². The van der Waals surface area contributed by atoms with E-state index in [9.17, 15) is 23.8 Å². The summed E-state index contributed by atoms with van der Waals surface area (Å²) in [6.45, 7) is 3.86. The minimum atomic E-state index is -0.992. The SMILES string of the molecule is CCCC1OC(C2C(NC(=O)c3nc(-c4c(F)cccc4F)ncc3N)=CN=CC2C)CC(O)C1O. The molecule has 36 heavy (non-hydrogen) atoms. The van der Waals surface area contributed by atoms with E-state index in [1.54, 1.807) is 6.21 Å². The van der Waals surface area contributed by atoms with Gasteiger partial charge >= 0.3 is 0 Å². The van der Waals surface area contributed by atoms with Crippen molar-refractivity contribution in [1.29, 1.82) is 0 Å². The second-order valence-corrected chi connectivity index (χ2v) is 9.11. The molecular formula is C25H29F2N5O4. The average molecular weight is 502 g/mol. The number of benzene rings is 1. The number of carbonyl (C=O) groups excluding carboxylic acids is 1. The Bertz CT molecular complexity index is 1170. The molecule has 1 aromatic heterocycles. The Kier molecular flexibility index (Phi) is 7.72. The van der Waals surface area contributed by atoms with Crippen molar-refractivity contribution in [1.82, 2.24) is 15.3 Å². The molecule has 2 aromatic rings. The number of hydrogen-bond acceptors (Lipinski definition) is 8. The maximum Gasteiger partial charge on any atom is 0.276 e. The van der Waals surface area contributed by atoms with E-state index in [0.717, 1.165) is 24.8 Å². The number of nitrogens with one attached hydrogen (secondary N) is 1. The zero-order valence-corrected chi connectivity index (χ0v) is 19.9. The van der Waals surface area contributed by atoms with E-state index in [2.05, 4.69) is 20.3 Å². The Morgan fingerprint density at radius 3 is 2.69 bits per heavy atom. The minimum absolute atomic E-state index is 0.0759. The van der Waals surface area contributed by atoms with Crippen molar-refractivity contribution in [3.8, 4) is 11.4 Å². The summed E-state index contributed by atoms with van der Waals surface area (Å²) in [7, 11) is 0. The second-order valence-electron chi connectivity index (χ2n) is 9.11. The van der Waals surface area contributed by atoms with E-state index in [1.807, 2.05) is 13.8 Å². The van der Waals surface area contributed by atoms with Crippen LogP contribution in [0.15, 0.2) is 41.3 Å². The number of rotatable bonds is 6. The first-order chi connectivity index (χ1) is 17.2. The molecule has 9 nitrogen and oxygen atoms in total. The Balaban J connectivity index is 1.60. The number of aliphatic hydroxyl groups excluding tert-OH is 2. The summed E-state index contributed by atoms with van der Waals surface area (Å²) in [5, 5.41) is 23.6. The highest BCUT2D eigenvalue weighted by molar-refractivity contribution is 5.98. The standard InChI is InChI=1S/C25H29F2N5O4/c1-3-5-18-23(34)17(33)8-19(36-18)20-12(2)9-29-11-16(20)31-25(35)22-15(28)10-30-24(32-22)21-13(26)6-4-7-14(21)27/h4,6-7,9-12,17-20,23,33-34H,3,5,8,28H2,1-2H3,(H,31,35). The van der Waals surface area contributed by atoms with Gasteiger partial charge in [0, 0.05) is 36.4 Å². The maximum atomic E-state index is 14.3. The zero-order chi connectivity index (χ0) is 26.0. The van der Waals surface area contributed by atoms with Crippen LogP contribution >= 0.6 is 0 Å². The van der Waals surface area contributed by atoms with Crippen LogP contribution < -0.4 is 11.1 Å². The molecule has 0 radical (unpaired) electrons. The van der Waals surface area contributed by atoms with Gasteiger partial charge in [0.1, 0.15) is 17.7 Å². The maximum absolute atomic E-state index is 14.3. The lowest BCUT2D eigenvalue weighted by atomic mass is 9.80. The lowest BCUT2D eigenvalue weighted by Crippen LogP contribution is -2.52. The van der Waals surface area contributed by atoms with Crippen LogP contribution in [-0.4, -0.2) is 56.7 Å². The van der Waals surface area contributed by atoms with E-state index in [1.165, 1.54) is 12.3 Å². The Hall–Kier alpha value is -3.28. The van der Waals surface area contributed by atoms with Gasteiger partial charge in [0.15, 0.2) is 11.5 Å². The fourth-order valence-electron chi connectivity index (χ4n) is 4.71. The number of halogens is 2. The van der Waals surface area contributed by atoms with Crippen LogP contribution in [0, 0.1) is 23.5 Å². The predicted molar refractivity (Wildman–Crippen MR) is 129 cm³/mol. The molecule has 3 heterocycles. The highest BCUT2D eigenvalue weighted by Gasteiger charge is 2.43. The molecule has 1 amide bonds. The lowest BCUT2D eigenvalue weighted by Gasteiger charge is -2.42. The smallest absolute Gasteiger partial charge is 0.276 e. The first kappa shape index (κ1) is 25.8. The van der Waals surface area contributed by atoms with Gasteiger partial charge in [0.2, 0.25) is 0 Å². The topological polar surface area (TPSA) is 143 Å². The molecule has 6 atom stereocenters. The molecule has 1 aromatic carbocycles. The molecule has 0 bridgehead atoms. The van der Waals surface area contributed by atoms with Crippen LogP contribution in [-0.2, 0) is 4.74 Å². The van der Waals surface area contributed by atoms with Crippen molar-refractivity contribution in [2.45, 2.75) is 57.5 Å². The van der Waals surface area contributed by atoms with Gasteiger partial charge in [-0.3, -0.25) is 9.79 Å². The molecule has 1 fully saturated rings.